The van der Waals surface area contributed by atoms with Crippen molar-refractivity contribution in [3.05, 3.63) is 75.7 Å². The number of aryl methyl sites for hydroxylation is 1. The Morgan fingerprint density at radius 1 is 1.09 bits per heavy atom. The predicted octanol–water partition coefficient (Wildman–Crippen LogP) is 4.88. The van der Waals surface area contributed by atoms with E-state index in [1.54, 1.807) is 17.8 Å². The fraction of sp³-hybridized carbons (Fsp3) is 0.346. The Kier molecular flexibility index (Phi) is 5.63. The molecule has 1 amide bonds. The highest BCUT2D eigenvalue weighted by Crippen LogP contribution is 2.29. The van der Waals surface area contributed by atoms with Gasteiger partial charge in [0, 0.05) is 36.1 Å². The van der Waals surface area contributed by atoms with Gasteiger partial charge in [0.25, 0.3) is 11.5 Å². The van der Waals surface area contributed by atoms with Crippen LogP contribution < -0.4 is 16.2 Å². The first-order valence-electron chi connectivity index (χ1n) is 11.0. The van der Waals surface area contributed by atoms with Crippen molar-refractivity contribution in [2.45, 2.75) is 52.0 Å². The van der Waals surface area contributed by atoms with Gasteiger partial charge in [-0.2, -0.15) is 0 Å². The van der Waals surface area contributed by atoms with E-state index < -0.39 is 0 Å². The van der Waals surface area contributed by atoms with Crippen molar-refractivity contribution in [2.24, 2.45) is 7.05 Å². The van der Waals surface area contributed by atoms with Gasteiger partial charge < -0.3 is 15.2 Å². The van der Waals surface area contributed by atoms with E-state index in [0.29, 0.717) is 23.1 Å². The molecule has 2 N–H and O–H groups in total. The summed E-state index contributed by atoms with van der Waals surface area (Å²) in [4.78, 5) is 29.9. The SMILES string of the molecule is Cc1c(NC(=O)c2ccc(C(C)(C)C)cc2)cccc1-c1cn(C)c(=O)c(NC2CC2)n1. The fourth-order valence-corrected chi connectivity index (χ4v) is 3.62. The van der Waals surface area contributed by atoms with E-state index >= 15 is 0 Å². The summed E-state index contributed by atoms with van der Waals surface area (Å²) in [5.74, 6) is 0.218. The molecule has 3 aromatic rings. The van der Waals surface area contributed by atoms with Crippen LogP contribution in [0.15, 0.2) is 53.5 Å². The van der Waals surface area contributed by atoms with E-state index in [4.69, 9.17) is 0 Å². The summed E-state index contributed by atoms with van der Waals surface area (Å²) in [6.45, 7) is 8.40. The van der Waals surface area contributed by atoms with Crippen molar-refractivity contribution in [1.29, 1.82) is 0 Å². The molecular formula is C26H30N4O2. The molecule has 32 heavy (non-hydrogen) atoms. The second-order valence-electron chi connectivity index (χ2n) is 9.57. The molecule has 0 aliphatic heterocycles. The zero-order valence-electron chi connectivity index (χ0n) is 19.3. The highest BCUT2D eigenvalue weighted by atomic mass is 16.1. The first-order valence-corrected chi connectivity index (χ1v) is 11.0. The third-order valence-electron chi connectivity index (χ3n) is 5.86. The van der Waals surface area contributed by atoms with E-state index in [-0.39, 0.29) is 16.9 Å². The Hall–Kier alpha value is -3.41. The topological polar surface area (TPSA) is 76.0 Å². The van der Waals surface area contributed by atoms with Crippen LogP contribution in [0.3, 0.4) is 0 Å². The van der Waals surface area contributed by atoms with Gasteiger partial charge in [-0.15, -0.1) is 0 Å². The number of hydrogen-bond acceptors (Lipinski definition) is 4. The number of nitrogens with zero attached hydrogens (tertiary/aromatic N) is 2. The van der Waals surface area contributed by atoms with E-state index in [1.807, 2.05) is 49.4 Å². The van der Waals surface area contributed by atoms with Crippen LogP contribution in [0.1, 0.15) is 55.1 Å². The lowest BCUT2D eigenvalue weighted by atomic mass is 9.86. The number of anilines is 2. The van der Waals surface area contributed by atoms with Gasteiger partial charge >= 0.3 is 0 Å². The third-order valence-corrected chi connectivity index (χ3v) is 5.86. The summed E-state index contributed by atoms with van der Waals surface area (Å²) in [5.41, 5.74) is 4.88. The van der Waals surface area contributed by atoms with Crippen molar-refractivity contribution < 1.29 is 4.79 Å². The molecule has 0 unspecified atom stereocenters. The van der Waals surface area contributed by atoms with Gasteiger partial charge in [-0.1, -0.05) is 45.0 Å². The molecule has 0 radical (unpaired) electrons. The maximum absolute atomic E-state index is 12.9. The molecule has 0 atom stereocenters. The second-order valence-corrected chi connectivity index (χ2v) is 9.57. The molecule has 1 aliphatic carbocycles. The number of rotatable bonds is 5. The molecule has 1 saturated carbocycles. The Labute approximate surface area is 188 Å². The van der Waals surface area contributed by atoms with E-state index in [1.165, 1.54) is 5.56 Å². The van der Waals surface area contributed by atoms with Crippen LogP contribution in [-0.4, -0.2) is 21.5 Å². The number of aromatic nitrogens is 2. The average molecular weight is 431 g/mol. The number of amides is 1. The highest BCUT2D eigenvalue weighted by molar-refractivity contribution is 6.05. The van der Waals surface area contributed by atoms with Gasteiger partial charge in [-0.05, 0) is 54.5 Å². The highest BCUT2D eigenvalue weighted by Gasteiger charge is 2.23. The molecule has 1 aromatic heterocycles. The molecule has 4 rings (SSSR count). The minimum Gasteiger partial charge on any atom is -0.363 e. The van der Waals surface area contributed by atoms with E-state index in [0.717, 1.165) is 29.7 Å². The predicted molar refractivity (Wildman–Crippen MR) is 129 cm³/mol. The van der Waals surface area contributed by atoms with Gasteiger partial charge in [0.05, 0.1) is 5.69 Å². The molecule has 166 valence electrons. The number of carbonyl (C=O) groups is 1. The quantitative estimate of drug-likeness (QED) is 0.605. The van der Waals surface area contributed by atoms with Gasteiger partial charge in [0.1, 0.15) is 0 Å². The summed E-state index contributed by atoms with van der Waals surface area (Å²) < 4.78 is 1.55. The lowest BCUT2D eigenvalue weighted by Gasteiger charge is -2.19. The zero-order chi connectivity index (χ0) is 23.0. The van der Waals surface area contributed by atoms with Crippen molar-refractivity contribution in [3.8, 4) is 11.3 Å². The fourth-order valence-electron chi connectivity index (χ4n) is 3.62. The van der Waals surface area contributed by atoms with Crippen molar-refractivity contribution >= 4 is 17.4 Å². The van der Waals surface area contributed by atoms with Gasteiger partial charge in [-0.25, -0.2) is 4.98 Å². The number of nitrogens with one attached hydrogen (secondary N) is 2. The molecule has 2 aromatic carbocycles. The molecular weight excluding hydrogens is 400 g/mol. The third kappa shape index (κ3) is 4.59. The van der Waals surface area contributed by atoms with Crippen LogP contribution in [0.4, 0.5) is 11.5 Å². The molecule has 0 saturated heterocycles. The second kappa shape index (κ2) is 8.26. The monoisotopic (exact) mass is 430 g/mol. The molecule has 1 aliphatic rings. The standard InChI is InChI=1S/C26H30N4O2/c1-16-20(22-15-30(5)25(32)23(28-22)27-19-13-14-19)7-6-8-21(16)29-24(31)17-9-11-18(12-10-17)26(2,3)4/h6-12,15,19H,13-14H2,1-5H3,(H,27,28)(H,29,31). The van der Waals surface area contributed by atoms with E-state index in [2.05, 4.69) is 36.4 Å². The summed E-state index contributed by atoms with van der Waals surface area (Å²) in [6.07, 6.45) is 3.86. The molecule has 0 spiro atoms. The Morgan fingerprint density at radius 3 is 2.41 bits per heavy atom. The maximum Gasteiger partial charge on any atom is 0.293 e. The lowest BCUT2D eigenvalue weighted by molar-refractivity contribution is 0.102. The zero-order valence-corrected chi connectivity index (χ0v) is 19.3. The Balaban J connectivity index is 1.61. The van der Waals surface area contributed by atoms with E-state index in [9.17, 15) is 9.59 Å². The first kappa shape index (κ1) is 21.8. The molecule has 1 heterocycles. The maximum atomic E-state index is 12.9. The minimum atomic E-state index is -0.157. The normalized spacial score (nSPS) is 13.7. The van der Waals surface area contributed by atoms with Crippen LogP contribution >= 0.6 is 0 Å². The number of carbonyl (C=O) groups excluding carboxylic acids is 1. The Morgan fingerprint density at radius 2 is 1.78 bits per heavy atom. The smallest absolute Gasteiger partial charge is 0.293 e. The number of hydrogen-bond donors (Lipinski definition) is 2. The van der Waals surface area contributed by atoms with Gasteiger partial charge in [0.2, 0.25) is 0 Å². The first-order chi connectivity index (χ1) is 15.1. The number of benzene rings is 2. The summed E-state index contributed by atoms with van der Waals surface area (Å²) in [7, 11) is 1.73. The van der Waals surface area contributed by atoms with Crippen LogP contribution in [0, 0.1) is 6.92 Å². The molecule has 6 nitrogen and oxygen atoms in total. The van der Waals surface area contributed by atoms with Gasteiger partial charge in [0.15, 0.2) is 5.82 Å². The Bertz CT molecular complexity index is 1220. The van der Waals surface area contributed by atoms with Crippen molar-refractivity contribution in [2.75, 3.05) is 10.6 Å². The summed E-state index contributed by atoms with van der Waals surface area (Å²) in [6, 6.07) is 13.8. The molecule has 6 heteroatoms. The lowest BCUT2D eigenvalue weighted by Crippen LogP contribution is -2.23. The molecule has 0 bridgehead atoms. The van der Waals surface area contributed by atoms with Gasteiger partial charge in [-0.3, -0.25) is 9.59 Å². The van der Waals surface area contributed by atoms with Crippen molar-refractivity contribution in [3.63, 3.8) is 0 Å². The summed E-state index contributed by atoms with van der Waals surface area (Å²) in [5, 5.41) is 6.25. The van der Waals surface area contributed by atoms with Crippen LogP contribution in [0.25, 0.3) is 11.3 Å². The van der Waals surface area contributed by atoms with Crippen LogP contribution in [0.2, 0.25) is 0 Å². The van der Waals surface area contributed by atoms with Crippen LogP contribution in [0.5, 0.6) is 0 Å². The average Bonchev–Trinajstić information content (AvgIpc) is 3.56. The molecule has 1 fully saturated rings. The summed E-state index contributed by atoms with van der Waals surface area (Å²) >= 11 is 0. The minimum absolute atomic E-state index is 0.0376. The van der Waals surface area contributed by atoms with Crippen molar-refractivity contribution in [1.82, 2.24) is 9.55 Å². The van der Waals surface area contributed by atoms with Crippen LogP contribution in [-0.2, 0) is 12.5 Å². The largest absolute Gasteiger partial charge is 0.363 e.